The molecular formula is C31H33N3O5S2. The van der Waals surface area contributed by atoms with Gasteiger partial charge in [0.25, 0.3) is 20.0 Å². The van der Waals surface area contributed by atoms with E-state index >= 15 is 0 Å². The summed E-state index contributed by atoms with van der Waals surface area (Å²) in [5.74, 6) is -0.573. The van der Waals surface area contributed by atoms with Crippen LogP contribution in [0.4, 0.5) is 17.1 Å². The first-order valence-electron chi connectivity index (χ1n) is 13.1. The van der Waals surface area contributed by atoms with Crippen molar-refractivity contribution in [2.24, 2.45) is 0 Å². The summed E-state index contributed by atoms with van der Waals surface area (Å²) in [6, 6.07) is 24.7. The van der Waals surface area contributed by atoms with Crippen LogP contribution in [0.2, 0.25) is 0 Å². The van der Waals surface area contributed by atoms with Crippen LogP contribution in [-0.4, -0.2) is 29.3 Å². The maximum Gasteiger partial charge on any atom is 0.264 e. The van der Waals surface area contributed by atoms with Crippen LogP contribution in [0.25, 0.3) is 0 Å². The smallest absolute Gasteiger partial charge is 0.264 e. The number of benzene rings is 4. The van der Waals surface area contributed by atoms with Gasteiger partial charge in [0.1, 0.15) is 6.54 Å². The third-order valence-electron chi connectivity index (χ3n) is 6.62. The highest BCUT2D eigenvalue weighted by atomic mass is 32.2. The van der Waals surface area contributed by atoms with E-state index in [0.717, 1.165) is 26.6 Å². The molecule has 0 bridgehead atoms. The third-order valence-corrected chi connectivity index (χ3v) is 9.78. The van der Waals surface area contributed by atoms with Crippen LogP contribution >= 0.6 is 0 Å². The maximum absolute atomic E-state index is 13.7. The van der Waals surface area contributed by atoms with Gasteiger partial charge in [0.05, 0.1) is 21.2 Å². The predicted molar refractivity (Wildman–Crippen MR) is 163 cm³/mol. The van der Waals surface area contributed by atoms with E-state index in [2.05, 4.69) is 10.0 Å². The molecule has 0 spiro atoms. The number of amides is 1. The zero-order valence-electron chi connectivity index (χ0n) is 23.4. The monoisotopic (exact) mass is 591 g/mol. The highest BCUT2D eigenvalue weighted by Gasteiger charge is 2.28. The fraction of sp³-hybridized carbons (Fsp3) is 0.194. The van der Waals surface area contributed by atoms with E-state index in [1.165, 1.54) is 36.4 Å². The number of sulfonamides is 2. The Morgan fingerprint density at radius 3 is 2.02 bits per heavy atom. The Kier molecular flexibility index (Phi) is 8.84. The molecule has 0 fully saturated rings. The second kappa shape index (κ2) is 12.2. The summed E-state index contributed by atoms with van der Waals surface area (Å²) in [4.78, 5) is 13.3. The average molecular weight is 592 g/mol. The first kappa shape index (κ1) is 29.8. The zero-order valence-corrected chi connectivity index (χ0v) is 25.0. The summed E-state index contributed by atoms with van der Waals surface area (Å²) < 4.78 is 57.1. The Balaban J connectivity index is 1.56. The number of hydrogen-bond donors (Lipinski definition) is 2. The van der Waals surface area contributed by atoms with E-state index in [1.807, 2.05) is 52.0 Å². The van der Waals surface area contributed by atoms with Crippen molar-refractivity contribution in [3.8, 4) is 0 Å². The number of carbonyl (C=O) groups is 1. The number of aryl methyl sites for hydroxylation is 4. The highest BCUT2D eigenvalue weighted by Crippen LogP contribution is 2.28. The van der Waals surface area contributed by atoms with Crippen molar-refractivity contribution < 1.29 is 21.6 Å². The number of para-hydroxylation sites is 1. The predicted octanol–water partition coefficient (Wildman–Crippen LogP) is 5.81. The number of anilines is 3. The molecule has 0 aliphatic rings. The van der Waals surface area contributed by atoms with Crippen molar-refractivity contribution in [1.29, 1.82) is 0 Å². The molecule has 0 saturated carbocycles. The number of carbonyl (C=O) groups excluding carboxylic acids is 1. The van der Waals surface area contributed by atoms with Gasteiger partial charge in [-0.1, -0.05) is 55.0 Å². The minimum absolute atomic E-state index is 0.0249. The minimum Gasteiger partial charge on any atom is -0.325 e. The number of nitrogens with one attached hydrogen (secondary N) is 2. The van der Waals surface area contributed by atoms with E-state index in [4.69, 9.17) is 0 Å². The molecule has 0 aromatic heterocycles. The fourth-order valence-corrected chi connectivity index (χ4v) is 6.87. The molecule has 2 N–H and O–H groups in total. The van der Waals surface area contributed by atoms with Gasteiger partial charge in [-0.05, 0) is 92.4 Å². The molecular weight excluding hydrogens is 558 g/mol. The van der Waals surface area contributed by atoms with Gasteiger partial charge in [0.15, 0.2) is 0 Å². The lowest BCUT2D eigenvalue weighted by Crippen LogP contribution is -2.38. The lowest BCUT2D eigenvalue weighted by Gasteiger charge is -2.26. The second-order valence-corrected chi connectivity index (χ2v) is 13.3. The Morgan fingerprint density at radius 1 is 0.756 bits per heavy atom. The van der Waals surface area contributed by atoms with Gasteiger partial charge in [-0.25, -0.2) is 16.8 Å². The molecule has 1 amide bonds. The summed E-state index contributed by atoms with van der Waals surface area (Å²) in [6.45, 7) is 7.01. The SMILES string of the molecule is CCc1ccccc1N(CC(=O)Nc1ccc(S(=O)(=O)Nc2cc(C)ccc2C)cc1)S(=O)(=O)c1ccc(C)cc1. The van der Waals surface area contributed by atoms with E-state index in [-0.39, 0.29) is 9.79 Å². The van der Waals surface area contributed by atoms with Gasteiger partial charge in [-0.3, -0.25) is 13.8 Å². The topological polar surface area (TPSA) is 113 Å². The van der Waals surface area contributed by atoms with Crippen LogP contribution in [0.5, 0.6) is 0 Å². The van der Waals surface area contributed by atoms with Gasteiger partial charge >= 0.3 is 0 Å². The Labute approximate surface area is 242 Å². The van der Waals surface area contributed by atoms with Gasteiger partial charge in [-0.2, -0.15) is 0 Å². The quantitative estimate of drug-likeness (QED) is 0.242. The molecule has 0 saturated heterocycles. The van der Waals surface area contributed by atoms with Crippen molar-refractivity contribution in [2.45, 2.75) is 43.9 Å². The largest absolute Gasteiger partial charge is 0.325 e. The number of nitrogens with zero attached hydrogens (tertiary/aromatic N) is 1. The standard InChI is InChI=1S/C31H33N3O5S2/c1-5-25-8-6-7-9-30(25)34(41(38,39)28-16-11-22(2)12-17-28)21-31(35)32-26-14-18-27(19-15-26)40(36,37)33-29-20-23(3)10-13-24(29)4/h6-20,33H,5,21H2,1-4H3,(H,32,35). The summed E-state index contributed by atoms with van der Waals surface area (Å²) in [5.41, 5.74) is 4.65. The lowest BCUT2D eigenvalue weighted by atomic mass is 10.1. The Morgan fingerprint density at radius 2 is 1.37 bits per heavy atom. The molecule has 4 rings (SSSR count). The van der Waals surface area contributed by atoms with Crippen LogP contribution in [0.15, 0.2) is 101 Å². The molecule has 0 aliphatic carbocycles. The van der Waals surface area contributed by atoms with Gasteiger partial charge in [0.2, 0.25) is 5.91 Å². The Hall–Kier alpha value is -4.15. The van der Waals surface area contributed by atoms with Gasteiger partial charge in [0, 0.05) is 5.69 Å². The molecule has 8 nitrogen and oxygen atoms in total. The van der Waals surface area contributed by atoms with Crippen molar-refractivity contribution in [3.05, 3.63) is 113 Å². The first-order valence-corrected chi connectivity index (χ1v) is 16.0. The van der Waals surface area contributed by atoms with Crippen LogP contribution in [0.3, 0.4) is 0 Å². The molecule has 0 radical (unpaired) electrons. The van der Waals surface area contributed by atoms with E-state index < -0.39 is 32.5 Å². The first-order chi connectivity index (χ1) is 19.4. The van der Waals surface area contributed by atoms with Crippen molar-refractivity contribution in [1.82, 2.24) is 0 Å². The molecule has 4 aromatic rings. The summed E-state index contributed by atoms with van der Waals surface area (Å²) in [7, 11) is -7.93. The molecule has 0 aliphatic heterocycles. The van der Waals surface area contributed by atoms with Crippen LogP contribution in [-0.2, 0) is 31.3 Å². The molecule has 0 unspecified atom stereocenters. The lowest BCUT2D eigenvalue weighted by molar-refractivity contribution is -0.114. The number of rotatable bonds is 10. The maximum atomic E-state index is 13.7. The summed E-state index contributed by atoms with van der Waals surface area (Å²) in [5, 5.41) is 2.70. The van der Waals surface area contributed by atoms with E-state index in [0.29, 0.717) is 23.5 Å². The van der Waals surface area contributed by atoms with Crippen LogP contribution in [0.1, 0.15) is 29.2 Å². The van der Waals surface area contributed by atoms with Crippen molar-refractivity contribution in [3.63, 3.8) is 0 Å². The highest BCUT2D eigenvalue weighted by molar-refractivity contribution is 7.93. The summed E-state index contributed by atoms with van der Waals surface area (Å²) >= 11 is 0. The van der Waals surface area contributed by atoms with Crippen molar-refractivity contribution >= 4 is 43.0 Å². The fourth-order valence-electron chi connectivity index (χ4n) is 4.29. The summed E-state index contributed by atoms with van der Waals surface area (Å²) in [6.07, 6.45) is 0.573. The van der Waals surface area contributed by atoms with Crippen molar-refractivity contribution in [2.75, 3.05) is 20.9 Å². The molecule has 41 heavy (non-hydrogen) atoms. The van der Waals surface area contributed by atoms with E-state index in [9.17, 15) is 21.6 Å². The molecule has 4 aromatic carbocycles. The molecule has 0 atom stereocenters. The number of hydrogen-bond acceptors (Lipinski definition) is 5. The average Bonchev–Trinajstić information content (AvgIpc) is 2.94. The van der Waals surface area contributed by atoms with Crippen LogP contribution in [0, 0.1) is 20.8 Å². The normalized spacial score (nSPS) is 11.6. The Bertz CT molecular complexity index is 1770. The molecule has 10 heteroatoms. The third kappa shape index (κ3) is 6.96. The van der Waals surface area contributed by atoms with Gasteiger partial charge < -0.3 is 5.32 Å². The van der Waals surface area contributed by atoms with Crippen LogP contribution < -0.4 is 14.3 Å². The zero-order chi connectivity index (χ0) is 29.8. The molecule has 214 valence electrons. The van der Waals surface area contributed by atoms with E-state index in [1.54, 1.807) is 30.3 Å². The molecule has 0 heterocycles. The minimum atomic E-state index is -4.07. The van der Waals surface area contributed by atoms with Gasteiger partial charge in [-0.15, -0.1) is 0 Å². The second-order valence-electron chi connectivity index (χ2n) is 9.80.